The Morgan fingerprint density at radius 1 is 0.758 bits per heavy atom. The highest BCUT2D eigenvalue weighted by Crippen LogP contribution is 2.22. The molecular formula is C22H17N5O6. The van der Waals surface area contributed by atoms with Crippen LogP contribution in [-0.4, -0.2) is 27.4 Å². The lowest BCUT2D eigenvalue weighted by Gasteiger charge is -2.07. The standard InChI is InChI=1S/C22H17N5O6/c1-14(15-7-9-18(10-8-15)23-21(28)16-5-3-2-4-6-16)24-25-22(29)17-11-19(26(30)31)13-20(12-17)27(32)33/h2-13H,1H3,(H,23,28)(H,25,29)/b24-14+. The summed E-state index contributed by atoms with van der Waals surface area (Å²) in [4.78, 5) is 44.8. The van der Waals surface area contributed by atoms with Crippen molar-refractivity contribution >= 4 is 34.6 Å². The van der Waals surface area contributed by atoms with Gasteiger partial charge in [-0.1, -0.05) is 30.3 Å². The second-order valence-electron chi connectivity index (χ2n) is 6.79. The molecule has 11 nitrogen and oxygen atoms in total. The summed E-state index contributed by atoms with van der Waals surface area (Å²) >= 11 is 0. The minimum atomic E-state index is -0.840. The molecule has 3 aromatic rings. The molecule has 0 aliphatic rings. The molecule has 2 N–H and O–H groups in total. The maximum Gasteiger partial charge on any atom is 0.277 e. The predicted octanol–water partition coefficient (Wildman–Crippen LogP) is 3.91. The number of carbonyl (C=O) groups excluding carboxylic acids is 2. The number of nitro benzene ring substituents is 2. The number of amides is 2. The first-order valence-electron chi connectivity index (χ1n) is 9.50. The largest absolute Gasteiger partial charge is 0.322 e. The zero-order valence-corrected chi connectivity index (χ0v) is 17.2. The first-order valence-corrected chi connectivity index (χ1v) is 9.50. The van der Waals surface area contributed by atoms with Crippen LogP contribution >= 0.6 is 0 Å². The molecule has 166 valence electrons. The van der Waals surface area contributed by atoms with Gasteiger partial charge in [0.15, 0.2) is 0 Å². The lowest BCUT2D eigenvalue weighted by molar-refractivity contribution is -0.394. The van der Waals surface area contributed by atoms with E-state index in [0.717, 1.165) is 18.2 Å². The topological polar surface area (TPSA) is 157 Å². The number of nitrogens with zero attached hydrogens (tertiary/aromatic N) is 3. The van der Waals surface area contributed by atoms with E-state index >= 15 is 0 Å². The zero-order chi connectivity index (χ0) is 24.0. The van der Waals surface area contributed by atoms with E-state index in [2.05, 4.69) is 15.8 Å². The monoisotopic (exact) mass is 447 g/mol. The maximum atomic E-state index is 12.3. The first-order chi connectivity index (χ1) is 15.7. The fourth-order valence-electron chi connectivity index (χ4n) is 2.79. The number of anilines is 1. The van der Waals surface area contributed by atoms with Crippen molar-refractivity contribution in [3.63, 3.8) is 0 Å². The first kappa shape index (κ1) is 22.7. The lowest BCUT2D eigenvalue weighted by atomic mass is 10.1. The quantitative estimate of drug-likeness (QED) is 0.318. The normalized spacial score (nSPS) is 10.9. The average molecular weight is 447 g/mol. The van der Waals surface area contributed by atoms with Gasteiger partial charge in [0.2, 0.25) is 0 Å². The maximum absolute atomic E-state index is 12.3. The Morgan fingerprint density at radius 3 is 1.88 bits per heavy atom. The number of hydrogen-bond acceptors (Lipinski definition) is 7. The number of carbonyl (C=O) groups is 2. The van der Waals surface area contributed by atoms with E-state index in [0.29, 0.717) is 22.5 Å². The van der Waals surface area contributed by atoms with E-state index in [1.165, 1.54) is 0 Å². The van der Waals surface area contributed by atoms with E-state index in [4.69, 9.17) is 0 Å². The predicted molar refractivity (Wildman–Crippen MR) is 120 cm³/mol. The van der Waals surface area contributed by atoms with Crippen LogP contribution in [-0.2, 0) is 0 Å². The molecule has 0 unspecified atom stereocenters. The SMILES string of the molecule is C/C(=N\NC(=O)c1cc([N+](=O)[O-])cc([N+](=O)[O-])c1)c1ccc(NC(=O)c2ccccc2)cc1. The second-order valence-corrected chi connectivity index (χ2v) is 6.79. The molecule has 0 saturated heterocycles. The number of nitrogens with one attached hydrogen (secondary N) is 2. The highest BCUT2D eigenvalue weighted by atomic mass is 16.6. The van der Waals surface area contributed by atoms with Crippen LogP contribution < -0.4 is 10.7 Å². The molecule has 3 aromatic carbocycles. The van der Waals surface area contributed by atoms with Crippen molar-refractivity contribution < 1.29 is 19.4 Å². The highest BCUT2D eigenvalue weighted by Gasteiger charge is 2.19. The smallest absolute Gasteiger partial charge is 0.277 e. The van der Waals surface area contributed by atoms with Gasteiger partial charge in [-0.15, -0.1) is 0 Å². The number of hydrogen-bond donors (Lipinski definition) is 2. The Morgan fingerprint density at radius 2 is 1.33 bits per heavy atom. The molecule has 0 heterocycles. The molecule has 0 spiro atoms. The lowest BCUT2D eigenvalue weighted by Crippen LogP contribution is -2.19. The van der Waals surface area contributed by atoms with Gasteiger partial charge in [0.05, 0.1) is 27.2 Å². The van der Waals surface area contributed by atoms with Gasteiger partial charge in [0.25, 0.3) is 23.2 Å². The van der Waals surface area contributed by atoms with Gasteiger partial charge >= 0.3 is 0 Å². The van der Waals surface area contributed by atoms with Gasteiger partial charge in [-0.05, 0) is 36.8 Å². The molecule has 0 bridgehead atoms. The Kier molecular flexibility index (Phi) is 6.84. The van der Waals surface area contributed by atoms with Gasteiger partial charge in [0, 0.05) is 23.4 Å². The Bertz CT molecular complexity index is 1220. The van der Waals surface area contributed by atoms with Gasteiger partial charge < -0.3 is 5.32 Å². The number of hydrazone groups is 1. The summed E-state index contributed by atoms with van der Waals surface area (Å²) in [6, 6.07) is 18.1. The van der Waals surface area contributed by atoms with Crippen molar-refractivity contribution in [3.8, 4) is 0 Å². The fourth-order valence-corrected chi connectivity index (χ4v) is 2.79. The van der Waals surface area contributed by atoms with Crippen molar-refractivity contribution in [2.24, 2.45) is 5.10 Å². The number of nitro groups is 2. The minimum Gasteiger partial charge on any atom is -0.322 e. The van der Waals surface area contributed by atoms with Crippen molar-refractivity contribution in [2.75, 3.05) is 5.32 Å². The third-order valence-corrected chi connectivity index (χ3v) is 4.51. The fraction of sp³-hybridized carbons (Fsp3) is 0.0455. The zero-order valence-electron chi connectivity index (χ0n) is 17.2. The summed E-state index contributed by atoms with van der Waals surface area (Å²) in [6.07, 6.45) is 0. The molecule has 11 heteroatoms. The van der Waals surface area contributed by atoms with Crippen LogP contribution in [0.5, 0.6) is 0 Å². The summed E-state index contributed by atoms with van der Waals surface area (Å²) in [5.74, 6) is -1.10. The third-order valence-electron chi connectivity index (χ3n) is 4.51. The molecule has 0 atom stereocenters. The Hall–Kier alpha value is -4.93. The number of rotatable bonds is 7. The van der Waals surface area contributed by atoms with Crippen molar-refractivity contribution in [3.05, 3.63) is 110 Å². The molecule has 0 fully saturated rings. The van der Waals surface area contributed by atoms with Crippen molar-refractivity contribution in [2.45, 2.75) is 6.92 Å². The molecule has 3 rings (SSSR count). The van der Waals surface area contributed by atoms with E-state index in [1.807, 2.05) is 6.07 Å². The van der Waals surface area contributed by atoms with Crippen LogP contribution in [0.2, 0.25) is 0 Å². The Labute approximate surface area is 187 Å². The number of non-ortho nitro benzene ring substituents is 2. The van der Waals surface area contributed by atoms with E-state index in [1.54, 1.807) is 55.5 Å². The molecular weight excluding hydrogens is 430 g/mol. The summed E-state index contributed by atoms with van der Waals surface area (Å²) in [5, 5.41) is 28.7. The minimum absolute atomic E-state index is 0.257. The second kappa shape index (κ2) is 9.92. The molecule has 0 radical (unpaired) electrons. The van der Waals surface area contributed by atoms with E-state index < -0.39 is 27.1 Å². The highest BCUT2D eigenvalue weighted by molar-refractivity contribution is 6.05. The van der Waals surface area contributed by atoms with Crippen LogP contribution in [0.4, 0.5) is 17.1 Å². The molecule has 0 aromatic heterocycles. The average Bonchev–Trinajstić information content (AvgIpc) is 2.82. The van der Waals surface area contributed by atoms with E-state index in [9.17, 15) is 29.8 Å². The summed E-state index contributed by atoms with van der Waals surface area (Å²) in [5.41, 5.74) is 2.92. The number of benzene rings is 3. The Balaban J connectivity index is 1.69. The van der Waals surface area contributed by atoms with Gasteiger partial charge in [-0.2, -0.15) is 5.10 Å². The van der Waals surface area contributed by atoms with Crippen molar-refractivity contribution in [1.29, 1.82) is 0 Å². The van der Waals surface area contributed by atoms with E-state index in [-0.39, 0.29) is 11.5 Å². The van der Waals surface area contributed by atoms with Crippen LogP contribution in [0.25, 0.3) is 0 Å². The van der Waals surface area contributed by atoms with Gasteiger partial charge in [-0.25, -0.2) is 5.43 Å². The molecule has 2 amide bonds. The molecule has 0 saturated carbocycles. The summed E-state index contributed by atoms with van der Waals surface area (Å²) < 4.78 is 0. The van der Waals surface area contributed by atoms with Crippen molar-refractivity contribution in [1.82, 2.24) is 5.43 Å². The van der Waals surface area contributed by atoms with Crippen LogP contribution in [0.15, 0.2) is 77.9 Å². The summed E-state index contributed by atoms with van der Waals surface area (Å²) in [7, 11) is 0. The van der Waals surface area contributed by atoms with Gasteiger partial charge in [0.1, 0.15) is 0 Å². The van der Waals surface area contributed by atoms with Crippen LogP contribution in [0, 0.1) is 20.2 Å². The third kappa shape index (κ3) is 5.82. The summed E-state index contributed by atoms with van der Waals surface area (Å²) in [6.45, 7) is 1.62. The van der Waals surface area contributed by atoms with Crippen LogP contribution in [0.1, 0.15) is 33.2 Å². The molecule has 33 heavy (non-hydrogen) atoms. The van der Waals surface area contributed by atoms with Gasteiger partial charge in [-0.3, -0.25) is 29.8 Å². The van der Waals surface area contributed by atoms with Crippen LogP contribution in [0.3, 0.4) is 0 Å². The molecule has 0 aliphatic heterocycles. The molecule has 0 aliphatic carbocycles.